The van der Waals surface area contributed by atoms with Crippen LogP contribution in [0.5, 0.6) is 0 Å². The molecule has 0 fully saturated rings. The van der Waals surface area contributed by atoms with Gasteiger partial charge in [-0.15, -0.1) is 0 Å². The minimum atomic E-state index is -3.73. The molecule has 2 aromatic rings. The van der Waals surface area contributed by atoms with Crippen molar-refractivity contribution in [3.8, 4) is 0 Å². The topological polar surface area (TPSA) is 105 Å². The molecule has 0 aliphatic carbocycles. The van der Waals surface area contributed by atoms with E-state index in [4.69, 9.17) is 5.11 Å². The largest absolute Gasteiger partial charge is 0.481 e. The Morgan fingerprint density at radius 1 is 1.38 bits per heavy atom. The van der Waals surface area contributed by atoms with Gasteiger partial charge in [-0.1, -0.05) is 0 Å². The molecule has 9 heteroatoms. The maximum absolute atomic E-state index is 12.4. The smallest absolute Gasteiger partial charge is 0.305 e. The summed E-state index contributed by atoms with van der Waals surface area (Å²) in [5, 5.41) is 12.5. The molecule has 0 amide bonds. The standard InChI is InChI=1S/C12H14N4O4S/c1-15(10-2-5-13-6-3-10)21(19,20)11-8-14-16(9-11)7-4-12(17)18/h2-3,5-6,8-9H,4,7H2,1H3,(H,17,18). The Labute approximate surface area is 121 Å². The number of carboxylic acids is 1. The molecule has 0 aliphatic heterocycles. The summed E-state index contributed by atoms with van der Waals surface area (Å²) < 4.78 is 27.3. The normalized spacial score (nSPS) is 11.3. The van der Waals surface area contributed by atoms with Gasteiger partial charge < -0.3 is 5.11 Å². The summed E-state index contributed by atoms with van der Waals surface area (Å²) in [6.07, 6.45) is 5.39. The van der Waals surface area contributed by atoms with Crippen LogP contribution in [0.3, 0.4) is 0 Å². The molecule has 2 heterocycles. The van der Waals surface area contributed by atoms with Crippen LogP contribution in [-0.4, -0.2) is 41.3 Å². The highest BCUT2D eigenvalue weighted by Gasteiger charge is 2.23. The van der Waals surface area contributed by atoms with E-state index in [1.165, 1.54) is 36.5 Å². The van der Waals surface area contributed by atoms with Crippen molar-refractivity contribution in [2.24, 2.45) is 0 Å². The van der Waals surface area contributed by atoms with Gasteiger partial charge >= 0.3 is 5.97 Å². The first-order valence-electron chi connectivity index (χ1n) is 6.04. The molecule has 0 saturated heterocycles. The number of anilines is 1. The second-order valence-electron chi connectivity index (χ2n) is 4.26. The molecule has 0 aliphatic rings. The summed E-state index contributed by atoms with van der Waals surface area (Å²) in [7, 11) is -2.31. The van der Waals surface area contributed by atoms with Crippen LogP contribution in [0.2, 0.25) is 0 Å². The Morgan fingerprint density at radius 3 is 2.67 bits per heavy atom. The van der Waals surface area contributed by atoms with Crippen molar-refractivity contribution >= 4 is 21.7 Å². The third-order valence-corrected chi connectivity index (χ3v) is 4.59. The number of hydrogen-bond donors (Lipinski definition) is 1. The summed E-state index contributed by atoms with van der Waals surface area (Å²) in [6.45, 7) is 0.115. The van der Waals surface area contributed by atoms with Crippen molar-refractivity contribution in [3.05, 3.63) is 36.9 Å². The number of carbonyl (C=O) groups is 1. The van der Waals surface area contributed by atoms with Crippen LogP contribution in [-0.2, 0) is 21.4 Å². The Morgan fingerprint density at radius 2 is 2.05 bits per heavy atom. The molecule has 0 unspecified atom stereocenters. The summed E-state index contributed by atoms with van der Waals surface area (Å²) in [5.41, 5.74) is 0.475. The molecule has 0 spiro atoms. The number of rotatable bonds is 6. The molecule has 0 bridgehead atoms. The predicted octanol–water partition coefficient (Wildman–Crippen LogP) is 0.578. The van der Waals surface area contributed by atoms with Gasteiger partial charge in [0.2, 0.25) is 0 Å². The summed E-state index contributed by atoms with van der Waals surface area (Å²) in [6, 6.07) is 3.15. The molecule has 0 aromatic carbocycles. The van der Waals surface area contributed by atoms with Crippen LogP contribution in [0.25, 0.3) is 0 Å². The molecule has 0 saturated carbocycles. The van der Waals surface area contributed by atoms with Crippen LogP contribution in [0.1, 0.15) is 6.42 Å². The van der Waals surface area contributed by atoms with Gasteiger partial charge in [0.05, 0.1) is 24.8 Å². The summed E-state index contributed by atoms with van der Waals surface area (Å²) in [4.78, 5) is 14.3. The number of pyridine rings is 1. The lowest BCUT2D eigenvalue weighted by Gasteiger charge is -2.17. The van der Waals surface area contributed by atoms with Crippen LogP contribution < -0.4 is 4.31 Å². The van der Waals surface area contributed by atoms with Crippen LogP contribution in [0.15, 0.2) is 41.8 Å². The maximum atomic E-state index is 12.4. The van der Waals surface area contributed by atoms with Crippen molar-refractivity contribution in [1.29, 1.82) is 0 Å². The zero-order chi connectivity index (χ0) is 15.5. The number of carboxylic acid groups (broad SMARTS) is 1. The van der Waals surface area contributed by atoms with Gasteiger partial charge in [-0.2, -0.15) is 5.10 Å². The molecule has 2 aromatic heterocycles. The SMILES string of the molecule is CN(c1ccncc1)S(=O)(=O)c1cnn(CCC(=O)O)c1. The summed E-state index contributed by atoms with van der Waals surface area (Å²) in [5.74, 6) is -0.969. The van der Waals surface area contributed by atoms with Crippen molar-refractivity contribution in [2.75, 3.05) is 11.4 Å². The van der Waals surface area contributed by atoms with E-state index in [1.807, 2.05) is 0 Å². The van der Waals surface area contributed by atoms with E-state index in [1.54, 1.807) is 12.1 Å². The molecular weight excluding hydrogens is 296 g/mol. The molecule has 21 heavy (non-hydrogen) atoms. The minimum absolute atomic E-state index is 0.00667. The number of nitrogens with zero attached hydrogens (tertiary/aromatic N) is 4. The van der Waals surface area contributed by atoms with Crippen LogP contribution in [0.4, 0.5) is 5.69 Å². The second-order valence-corrected chi connectivity index (χ2v) is 6.23. The lowest BCUT2D eigenvalue weighted by molar-refractivity contribution is -0.137. The first-order valence-corrected chi connectivity index (χ1v) is 7.48. The number of hydrogen-bond acceptors (Lipinski definition) is 5. The second kappa shape index (κ2) is 5.92. The first kappa shape index (κ1) is 15.0. The maximum Gasteiger partial charge on any atom is 0.305 e. The van der Waals surface area contributed by atoms with Gasteiger partial charge in [-0.05, 0) is 12.1 Å². The quantitative estimate of drug-likeness (QED) is 0.836. The van der Waals surface area contributed by atoms with E-state index in [0.717, 1.165) is 4.31 Å². The third-order valence-electron chi connectivity index (χ3n) is 2.85. The average Bonchev–Trinajstić information content (AvgIpc) is 2.95. The van der Waals surface area contributed by atoms with Gasteiger partial charge in [0.15, 0.2) is 0 Å². The van der Waals surface area contributed by atoms with Gasteiger partial charge in [-0.25, -0.2) is 8.42 Å². The predicted molar refractivity (Wildman–Crippen MR) is 74.3 cm³/mol. The third kappa shape index (κ3) is 3.37. The number of aliphatic carboxylic acids is 1. The molecular formula is C12H14N4O4S. The molecule has 1 N–H and O–H groups in total. The minimum Gasteiger partial charge on any atom is -0.481 e. The molecule has 0 atom stereocenters. The fourth-order valence-corrected chi connectivity index (χ4v) is 2.81. The van der Waals surface area contributed by atoms with Crippen molar-refractivity contribution < 1.29 is 18.3 Å². The highest BCUT2D eigenvalue weighted by atomic mass is 32.2. The number of sulfonamides is 1. The van der Waals surface area contributed by atoms with Gasteiger partial charge in [0, 0.05) is 25.6 Å². The highest BCUT2D eigenvalue weighted by Crippen LogP contribution is 2.20. The van der Waals surface area contributed by atoms with E-state index in [2.05, 4.69) is 10.1 Å². The zero-order valence-electron chi connectivity index (χ0n) is 11.2. The lowest BCUT2D eigenvalue weighted by Crippen LogP contribution is -2.26. The lowest BCUT2D eigenvalue weighted by atomic mass is 10.4. The molecule has 112 valence electrons. The highest BCUT2D eigenvalue weighted by molar-refractivity contribution is 7.92. The van der Waals surface area contributed by atoms with Gasteiger partial charge in [0.25, 0.3) is 10.0 Å². The Balaban J connectivity index is 2.22. The fourth-order valence-electron chi connectivity index (χ4n) is 1.66. The van der Waals surface area contributed by atoms with Crippen molar-refractivity contribution in [2.45, 2.75) is 17.9 Å². The van der Waals surface area contributed by atoms with Crippen LogP contribution >= 0.6 is 0 Å². The van der Waals surface area contributed by atoms with E-state index in [-0.39, 0.29) is 17.9 Å². The fraction of sp³-hybridized carbons (Fsp3) is 0.250. The average molecular weight is 310 g/mol. The zero-order valence-corrected chi connectivity index (χ0v) is 12.1. The monoisotopic (exact) mass is 310 g/mol. The van der Waals surface area contributed by atoms with Crippen molar-refractivity contribution in [3.63, 3.8) is 0 Å². The van der Waals surface area contributed by atoms with E-state index in [0.29, 0.717) is 5.69 Å². The van der Waals surface area contributed by atoms with Crippen molar-refractivity contribution in [1.82, 2.24) is 14.8 Å². The number of aromatic nitrogens is 3. The molecule has 0 radical (unpaired) electrons. The Kier molecular flexibility index (Phi) is 4.22. The van der Waals surface area contributed by atoms with Gasteiger partial charge in [0.1, 0.15) is 4.90 Å². The van der Waals surface area contributed by atoms with E-state index in [9.17, 15) is 13.2 Å². The summed E-state index contributed by atoms with van der Waals surface area (Å²) >= 11 is 0. The Bertz CT molecular complexity index is 727. The van der Waals surface area contributed by atoms with E-state index < -0.39 is 16.0 Å². The number of aryl methyl sites for hydroxylation is 1. The molecule has 8 nitrogen and oxygen atoms in total. The van der Waals surface area contributed by atoms with Crippen LogP contribution in [0, 0.1) is 0 Å². The first-order chi connectivity index (χ1) is 9.91. The van der Waals surface area contributed by atoms with E-state index >= 15 is 0 Å². The van der Waals surface area contributed by atoms with Gasteiger partial charge in [-0.3, -0.25) is 18.8 Å². The Hall–Kier alpha value is -2.42. The molecule has 2 rings (SSSR count).